The third-order valence-corrected chi connectivity index (χ3v) is 3.22. The van der Waals surface area contributed by atoms with Gasteiger partial charge in [-0.25, -0.2) is 0 Å². The first-order chi connectivity index (χ1) is 10.7. The third-order valence-electron chi connectivity index (χ3n) is 3.22. The van der Waals surface area contributed by atoms with Gasteiger partial charge in [0.2, 0.25) is 0 Å². The highest BCUT2D eigenvalue weighted by Gasteiger charge is 2.06. The van der Waals surface area contributed by atoms with E-state index >= 15 is 0 Å². The molecular weight excluding hydrogens is 278 g/mol. The van der Waals surface area contributed by atoms with Crippen LogP contribution in [0.2, 0.25) is 0 Å². The summed E-state index contributed by atoms with van der Waals surface area (Å²) >= 11 is 0. The van der Waals surface area contributed by atoms with Gasteiger partial charge >= 0.3 is 0 Å². The van der Waals surface area contributed by atoms with Crippen LogP contribution in [0.25, 0.3) is 0 Å². The number of para-hydroxylation sites is 1. The average molecular weight is 299 g/mol. The van der Waals surface area contributed by atoms with Crippen LogP contribution in [-0.2, 0) is 0 Å². The molecule has 0 atom stereocenters. The van der Waals surface area contributed by atoms with Crippen molar-refractivity contribution in [2.24, 2.45) is 5.16 Å². The maximum atomic E-state index is 8.53. The van der Waals surface area contributed by atoms with Crippen molar-refractivity contribution >= 4 is 6.21 Å². The molecule has 0 amide bonds. The fourth-order valence-corrected chi connectivity index (χ4v) is 2.15. The van der Waals surface area contributed by atoms with E-state index in [1.807, 2.05) is 42.5 Å². The number of rotatable bonds is 7. The van der Waals surface area contributed by atoms with Crippen molar-refractivity contribution in [1.82, 2.24) is 0 Å². The molecule has 0 saturated heterocycles. The molecule has 22 heavy (non-hydrogen) atoms. The average Bonchev–Trinajstić information content (AvgIpc) is 2.52. The molecule has 0 aliphatic heterocycles. The summed E-state index contributed by atoms with van der Waals surface area (Å²) in [6, 6.07) is 15.4. The summed E-state index contributed by atoms with van der Waals surface area (Å²) in [6.07, 6.45) is 1.36. The van der Waals surface area contributed by atoms with Gasteiger partial charge in [-0.15, -0.1) is 0 Å². The third kappa shape index (κ3) is 4.52. The van der Waals surface area contributed by atoms with Crippen LogP contribution in [0.1, 0.15) is 30.9 Å². The topological polar surface area (TPSA) is 51.0 Å². The molecule has 0 aliphatic carbocycles. The largest absolute Gasteiger partial charge is 0.490 e. The Morgan fingerprint density at radius 3 is 2.59 bits per heavy atom. The zero-order valence-corrected chi connectivity index (χ0v) is 12.9. The van der Waals surface area contributed by atoms with Crippen molar-refractivity contribution in [3.63, 3.8) is 0 Å². The lowest BCUT2D eigenvalue weighted by Crippen LogP contribution is -2.10. The van der Waals surface area contributed by atoms with Crippen molar-refractivity contribution in [1.29, 1.82) is 0 Å². The molecule has 0 aromatic heterocycles. The Kier molecular flexibility index (Phi) is 5.83. The van der Waals surface area contributed by atoms with Crippen LogP contribution in [0.15, 0.2) is 53.7 Å². The highest BCUT2D eigenvalue weighted by Crippen LogP contribution is 2.25. The molecule has 4 nitrogen and oxygen atoms in total. The minimum Gasteiger partial charge on any atom is -0.490 e. The highest BCUT2D eigenvalue weighted by atomic mass is 16.5. The number of benzene rings is 2. The maximum Gasteiger partial charge on any atom is 0.122 e. The van der Waals surface area contributed by atoms with Crippen LogP contribution < -0.4 is 9.47 Å². The molecule has 0 heterocycles. The van der Waals surface area contributed by atoms with Crippen LogP contribution >= 0.6 is 0 Å². The maximum absolute atomic E-state index is 8.53. The molecule has 4 heteroatoms. The van der Waals surface area contributed by atoms with Gasteiger partial charge in [-0.3, -0.25) is 0 Å². The predicted molar refractivity (Wildman–Crippen MR) is 87.3 cm³/mol. The smallest absolute Gasteiger partial charge is 0.122 e. The van der Waals surface area contributed by atoms with Gasteiger partial charge in [0.15, 0.2) is 0 Å². The van der Waals surface area contributed by atoms with Crippen molar-refractivity contribution in [2.75, 3.05) is 13.2 Å². The minimum atomic E-state index is 0.423. The van der Waals surface area contributed by atoms with Crippen molar-refractivity contribution in [2.45, 2.75) is 19.8 Å². The van der Waals surface area contributed by atoms with Gasteiger partial charge in [0, 0.05) is 0 Å². The lowest BCUT2D eigenvalue weighted by molar-refractivity contribution is 0.215. The van der Waals surface area contributed by atoms with Gasteiger partial charge in [-0.05, 0) is 35.2 Å². The Hall–Kier alpha value is -2.49. The first-order valence-electron chi connectivity index (χ1n) is 7.32. The Bertz CT molecular complexity index is 623. The molecule has 1 N–H and O–H groups in total. The van der Waals surface area contributed by atoms with Crippen LogP contribution in [0.3, 0.4) is 0 Å². The molecule has 0 saturated carbocycles. The molecule has 2 aromatic carbocycles. The number of nitrogens with zero attached hydrogens (tertiary/aromatic N) is 1. The molecule has 0 spiro atoms. The van der Waals surface area contributed by atoms with E-state index in [9.17, 15) is 0 Å². The molecule has 0 bridgehead atoms. The number of oxime groups is 1. The molecule has 0 radical (unpaired) electrons. The monoisotopic (exact) mass is 299 g/mol. The second-order valence-electron chi connectivity index (χ2n) is 5.21. The Labute approximate surface area is 131 Å². The lowest BCUT2D eigenvalue weighted by atomic mass is 10.0. The summed E-state index contributed by atoms with van der Waals surface area (Å²) in [5.41, 5.74) is 1.98. The van der Waals surface area contributed by atoms with Gasteiger partial charge in [0.1, 0.15) is 24.7 Å². The van der Waals surface area contributed by atoms with Gasteiger partial charge in [-0.1, -0.05) is 49.3 Å². The van der Waals surface area contributed by atoms with E-state index in [0.717, 1.165) is 17.1 Å². The minimum absolute atomic E-state index is 0.423. The second kappa shape index (κ2) is 8.08. The van der Waals surface area contributed by atoms with Gasteiger partial charge < -0.3 is 14.7 Å². The van der Waals surface area contributed by atoms with Gasteiger partial charge in [-0.2, -0.15) is 0 Å². The van der Waals surface area contributed by atoms with E-state index in [2.05, 4.69) is 25.1 Å². The second-order valence-corrected chi connectivity index (χ2v) is 5.21. The summed E-state index contributed by atoms with van der Waals surface area (Å²) in [7, 11) is 0. The lowest BCUT2D eigenvalue weighted by Gasteiger charge is -2.14. The van der Waals surface area contributed by atoms with Crippen molar-refractivity contribution in [3.05, 3.63) is 59.7 Å². The summed E-state index contributed by atoms with van der Waals surface area (Å²) < 4.78 is 11.5. The highest BCUT2D eigenvalue weighted by molar-refractivity contribution is 5.79. The fraction of sp³-hybridized carbons (Fsp3) is 0.278. The molecular formula is C18H21NO3. The standard InChI is InChI=1S/C18H21NO3/c1-14(2)17-8-3-4-9-18(17)22-11-10-21-16-7-5-6-15(12-16)13-19-20/h3-9,12-14,20H,10-11H2,1-2H3. The summed E-state index contributed by atoms with van der Waals surface area (Å²) in [5.74, 6) is 2.05. The van der Waals surface area contributed by atoms with Gasteiger partial charge in [0.05, 0.1) is 6.21 Å². The first-order valence-corrected chi connectivity index (χ1v) is 7.32. The SMILES string of the molecule is CC(C)c1ccccc1OCCOc1cccc(C=NO)c1. The Morgan fingerprint density at radius 2 is 1.82 bits per heavy atom. The van der Waals surface area contributed by atoms with Crippen LogP contribution in [0.5, 0.6) is 11.5 Å². The molecule has 0 unspecified atom stereocenters. The Balaban J connectivity index is 1.86. The Morgan fingerprint density at radius 1 is 1.05 bits per heavy atom. The van der Waals surface area contributed by atoms with E-state index in [1.54, 1.807) is 0 Å². The molecule has 0 aliphatic rings. The first kappa shape index (κ1) is 15.9. The molecule has 0 fully saturated rings. The summed E-state index contributed by atoms with van der Waals surface area (Å²) in [5, 5.41) is 11.5. The zero-order valence-electron chi connectivity index (χ0n) is 12.9. The van der Waals surface area contributed by atoms with Gasteiger partial charge in [0.25, 0.3) is 0 Å². The van der Waals surface area contributed by atoms with Crippen LogP contribution in [0, 0.1) is 0 Å². The van der Waals surface area contributed by atoms with E-state index in [4.69, 9.17) is 14.7 Å². The quantitative estimate of drug-likeness (QED) is 0.363. The van der Waals surface area contributed by atoms with Crippen molar-refractivity contribution in [3.8, 4) is 11.5 Å². The van der Waals surface area contributed by atoms with Crippen molar-refractivity contribution < 1.29 is 14.7 Å². The van der Waals surface area contributed by atoms with E-state index < -0.39 is 0 Å². The number of ether oxygens (including phenoxy) is 2. The fourth-order valence-electron chi connectivity index (χ4n) is 2.15. The van der Waals surface area contributed by atoms with E-state index in [1.165, 1.54) is 11.8 Å². The zero-order chi connectivity index (χ0) is 15.8. The normalized spacial score (nSPS) is 11.0. The van der Waals surface area contributed by atoms with E-state index in [0.29, 0.717) is 19.1 Å². The van der Waals surface area contributed by atoms with E-state index in [-0.39, 0.29) is 0 Å². The molecule has 116 valence electrons. The number of hydrogen-bond acceptors (Lipinski definition) is 4. The number of hydrogen-bond donors (Lipinski definition) is 1. The van der Waals surface area contributed by atoms with Crippen LogP contribution in [-0.4, -0.2) is 24.6 Å². The molecule has 2 rings (SSSR count). The summed E-state index contributed by atoms with van der Waals surface area (Å²) in [4.78, 5) is 0. The summed E-state index contributed by atoms with van der Waals surface area (Å²) in [6.45, 7) is 5.22. The van der Waals surface area contributed by atoms with Crippen LogP contribution in [0.4, 0.5) is 0 Å². The molecule has 2 aromatic rings. The predicted octanol–water partition coefficient (Wildman–Crippen LogP) is 4.08.